The van der Waals surface area contributed by atoms with Crippen molar-refractivity contribution in [3.05, 3.63) is 24.3 Å². The van der Waals surface area contributed by atoms with Crippen LogP contribution in [0.25, 0.3) is 0 Å². The monoisotopic (exact) mass is 775 g/mol. The summed E-state index contributed by atoms with van der Waals surface area (Å²) in [5, 5.41) is 0. The van der Waals surface area contributed by atoms with Gasteiger partial charge in [0.25, 0.3) is 0 Å². The van der Waals surface area contributed by atoms with Gasteiger partial charge in [-0.25, -0.2) is 0 Å². The summed E-state index contributed by atoms with van der Waals surface area (Å²) in [6.07, 6.45) is 48.7. The molecule has 1 atom stereocenters. The molecule has 0 saturated heterocycles. The molecule has 1 unspecified atom stereocenters. The minimum Gasteiger partial charge on any atom is -0.462 e. The molecule has 6 heteroatoms. The third-order valence-electron chi connectivity index (χ3n) is 10.4. The Labute approximate surface area is 341 Å². The zero-order valence-corrected chi connectivity index (χ0v) is 36.7. The maximum absolute atomic E-state index is 12.7. The molecule has 0 aromatic rings. The van der Waals surface area contributed by atoms with E-state index >= 15 is 0 Å². The van der Waals surface area contributed by atoms with E-state index in [0.29, 0.717) is 19.3 Å². The Bertz CT molecular complexity index is 896. The summed E-state index contributed by atoms with van der Waals surface area (Å²) in [5.74, 6) is -0.878. The van der Waals surface area contributed by atoms with E-state index in [4.69, 9.17) is 14.2 Å². The van der Waals surface area contributed by atoms with Crippen LogP contribution in [0.1, 0.15) is 252 Å². The molecule has 0 aliphatic rings. The van der Waals surface area contributed by atoms with Gasteiger partial charge in [-0.1, -0.05) is 212 Å². The minimum atomic E-state index is -0.769. The third kappa shape index (κ3) is 42.9. The first-order chi connectivity index (χ1) is 27.0. The van der Waals surface area contributed by atoms with Gasteiger partial charge in [0.2, 0.25) is 0 Å². The van der Waals surface area contributed by atoms with Crippen LogP contribution in [0, 0.1) is 0 Å². The van der Waals surface area contributed by atoms with E-state index < -0.39 is 6.10 Å². The average Bonchev–Trinajstić information content (AvgIpc) is 3.18. The number of hydrogen-bond donors (Lipinski definition) is 0. The quantitative estimate of drug-likeness (QED) is 0.0266. The fourth-order valence-electron chi connectivity index (χ4n) is 6.83. The molecule has 322 valence electrons. The van der Waals surface area contributed by atoms with Crippen molar-refractivity contribution >= 4 is 17.9 Å². The van der Waals surface area contributed by atoms with Crippen molar-refractivity contribution in [3.8, 4) is 0 Å². The second-order valence-electron chi connectivity index (χ2n) is 16.0. The molecule has 0 amide bonds. The summed E-state index contributed by atoms with van der Waals surface area (Å²) in [7, 11) is 0. The van der Waals surface area contributed by atoms with E-state index in [1.807, 2.05) is 0 Å². The molecule has 0 N–H and O–H groups in total. The fourth-order valence-corrected chi connectivity index (χ4v) is 6.83. The van der Waals surface area contributed by atoms with Crippen molar-refractivity contribution in [3.63, 3.8) is 0 Å². The van der Waals surface area contributed by atoms with E-state index in [-0.39, 0.29) is 31.1 Å². The Hall–Kier alpha value is -2.11. The van der Waals surface area contributed by atoms with Gasteiger partial charge < -0.3 is 14.2 Å². The molecule has 0 fully saturated rings. The van der Waals surface area contributed by atoms with Gasteiger partial charge in [0.05, 0.1) is 0 Å². The first-order valence-electron chi connectivity index (χ1n) is 23.8. The van der Waals surface area contributed by atoms with Crippen molar-refractivity contribution < 1.29 is 28.6 Å². The van der Waals surface area contributed by atoms with Crippen LogP contribution in [0.2, 0.25) is 0 Å². The average molecular weight is 775 g/mol. The molecular formula is C49H90O6. The Morgan fingerprint density at radius 2 is 0.691 bits per heavy atom. The lowest BCUT2D eigenvalue weighted by molar-refractivity contribution is -0.167. The van der Waals surface area contributed by atoms with Gasteiger partial charge in [-0.2, -0.15) is 0 Å². The molecule has 0 rings (SSSR count). The van der Waals surface area contributed by atoms with E-state index in [1.54, 1.807) is 0 Å². The maximum Gasteiger partial charge on any atom is 0.306 e. The standard InChI is InChI=1S/C49H90O6/c1-4-7-10-13-16-19-22-25-28-30-33-36-39-42-48(51)54-45-46(55-49(52)43-40-37-34-31-27-24-21-18-15-12-9-6-3)44-53-47(50)41-38-35-32-29-26-23-20-17-14-11-8-5-2/h10,13,19,22,46H,4-9,11-12,14-18,20-21,23-45H2,1-3H3/b13-10-,22-19-. The molecule has 0 aromatic heterocycles. The topological polar surface area (TPSA) is 78.9 Å². The molecular weight excluding hydrogens is 685 g/mol. The molecule has 0 aliphatic heterocycles. The van der Waals surface area contributed by atoms with E-state index in [2.05, 4.69) is 45.1 Å². The van der Waals surface area contributed by atoms with Crippen molar-refractivity contribution in [2.45, 2.75) is 258 Å². The van der Waals surface area contributed by atoms with Crippen LogP contribution in [0.5, 0.6) is 0 Å². The van der Waals surface area contributed by atoms with Gasteiger partial charge in [0, 0.05) is 19.3 Å². The molecule has 0 radical (unpaired) electrons. The predicted octanol–water partition coefficient (Wildman–Crippen LogP) is 15.2. The second-order valence-corrected chi connectivity index (χ2v) is 16.0. The lowest BCUT2D eigenvalue weighted by atomic mass is 10.0. The van der Waals surface area contributed by atoms with Crippen molar-refractivity contribution in [2.24, 2.45) is 0 Å². The fraction of sp³-hybridized carbons (Fsp3) is 0.857. The number of hydrogen-bond acceptors (Lipinski definition) is 6. The van der Waals surface area contributed by atoms with Gasteiger partial charge in [-0.3, -0.25) is 14.4 Å². The summed E-state index contributed by atoms with van der Waals surface area (Å²) < 4.78 is 16.7. The number of esters is 3. The number of unbranched alkanes of at least 4 members (excludes halogenated alkanes) is 28. The third-order valence-corrected chi connectivity index (χ3v) is 10.4. The summed E-state index contributed by atoms with van der Waals surface area (Å²) in [6, 6.07) is 0. The van der Waals surface area contributed by atoms with Crippen LogP contribution in [0.4, 0.5) is 0 Å². The summed E-state index contributed by atoms with van der Waals surface area (Å²) in [5.41, 5.74) is 0. The number of carbonyl (C=O) groups excluding carboxylic acids is 3. The van der Waals surface area contributed by atoms with Gasteiger partial charge in [-0.15, -0.1) is 0 Å². The van der Waals surface area contributed by atoms with Crippen LogP contribution in [0.3, 0.4) is 0 Å². The molecule has 6 nitrogen and oxygen atoms in total. The molecule has 0 heterocycles. The Morgan fingerprint density at radius 1 is 0.364 bits per heavy atom. The van der Waals surface area contributed by atoms with Crippen LogP contribution in [-0.2, 0) is 28.6 Å². The van der Waals surface area contributed by atoms with Gasteiger partial charge in [-0.05, 0) is 44.9 Å². The number of rotatable bonds is 43. The van der Waals surface area contributed by atoms with E-state index in [9.17, 15) is 14.4 Å². The first kappa shape index (κ1) is 52.9. The minimum absolute atomic E-state index is 0.0714. The molecule has 0 aromatic carbocycles. The Kier molecular flexibility index (Phi) is 42.9. The zero-order valence-electron chi connectivity index (χ0n) is 36.7. The number of ether oxygens (including phenoxy) is 3. The smallest absolute Gasteiger partial charge is 0.306 e. The van der Waals surface area contributed by atoms with Crippen molar-refractivity contribution in [2.75, 3.05) is 13.2 Å². The maximum atomic E-state index is 12.7. The second kappa shape index (κ2) is 44.6. The lowest BCUT2D eigenvalue weighted by Crippen LogP contribution is -2.30. The normalized spacial score (nSPS) is 12.1. The van der Waals surface area contributed by atoms with Crippen LogP contribution >= 0.6 is 0 Å². The summed E-state index contributed by atoms with van der Waals surface area (Å²) in [4.78, 5) is 37.8. The zero-order chi connectivity index (χ0) is 40.1. The van der Waals surface area contributed by atoms with Crippen LogP contribution < -0.4 is 0 Å². The number of carbonyl (C=O) groups is 3. The SMILES string of the molecule is CCC/C=C\C/C=C\CCCCCCCC(=O)OCC(COC(=O)CCCCCCCCCCCCCC)OC(=O)CCCCCCCCCCCCCC. The molecule has 0 saturated carbocycles. The Balaban J connectivity index is 4.36. The molecule has 55 heavy (non-hydrogen) atoms. The molecule has 0 spiro atoms. The summed E-state index contributed by atoms with van der Waals surface area (Å²) in [6.45, 7) is 6.56. The van der Waals surface area contributed by atoms with E-state index in [0.717, 1.165) is 83.5 Å². The van der Waals surface area contributed by atoms with Crippen LogP contribution in [0.15, 0.2) is 24.3 Å². The molecule has 0 bridgehead atoms. The highest BCUT2D eigenvalue weighted by atomic mass is 16.6. The van der Waals surface area contributed by atoms with Gasteiger partial charge >= 0.3 is 17.9 Å². The summed E-state index contributed by atoms with van der Waals surface area (Å²) >= 11 is 0. The van der Waals surface area contributed by atoms with Gasteiger partial charge in [0.1, 0.15) is 13.2 Å². The highest BCUT2D eigenvalue weighted by Crippen LogP contribution is 2.15. The highest BCUT2D eigenvalue weighted by molar-refractivity contribution is 5.71. The number of allylic oxidation sites excluding steroid dienone is 4. The molecule has 0 aliphatic carbocycles. The first-order valence-corrected chi connectivity index (χ1v) is 23.8. The van der Waals surface area contributed by atoms with Crippen LogP contribution in [-0.4, -0.2) is 37.2 Å². The van der Waals surface area contributed by atoms with Crippen molar-refractivity contribution in [1.29, 1.82) is 0 Å². The highest BCUT2D eigenvalue weighted by Gasteiger charge is 2.19. The van der Waals surface area contributed by atoms with Crippen molar-refractivity contribution in [1.82, 2.24) is 0 Å². The van der Waals surface area contributed by atoms with Gasteiger partial charge in [0.15, 0.2) is 6.10 Å². The predicted molar refractivity (Wildman–Crippen MR) is 233 cm³/mol. The van der Waals surface area contributed by atoms with E-state index in [1.165, 1.54) is 128 Å². The largest absolute Gasteiger partial charge is 0.462 e. The Morgan fingerprint density at radius 3 is 1.07 bits per heavy atom. The lowest BCUT2D eigenvalue weighted by Gasteiger charge is -2.18.